The summed E-state index contributed by atoms with van der Waals surface area (Å²) in [7, 11) is -3.65. The highest BCUT2D eigenvalue weighted by Crippen LogP contribution is 2.25. The van der Waals surface area contributed by atoms with E-state index in [0.717, 1.165) is 19.3 Å². The average molecular weight is 426 g/mol. The van der Waals surface area contributed by atoms with Crippen molar-refractivity contribution in [3.05, 3.63) is 29.8 Å². The van der Waals surface area contributed by atoms with E-state index in [-0.39, 0.29) is 16.5 Å². The number of carbonyl (C=O) groups is 3. The minimum absolute atomic E-state index is 0.0750. The first kappa shape index (κ1) is 22.8. The quantitative estimate of drug-likeness (QED) is 0.665. The van der Waals surface area contributed by atoms with E-state index >= 15 is 0 Å². The van der Waals surface area contributed by atoms with Gasteiger partial charge in [0.2, 0.25) is 10.0 Å². The summed E-state index contributed by atoms with van der Waals surface area (Å²) < 4.78 is 32.4. The highest BCUT2D eigenvalue weighted by Gasteiger charge is 2.31. The monoisotopic (exact) mass is 425 g/mol. The highest BCUT2D eigenvalue weighted by atomic mass is 32.2. The average Bonchev–Trinajstić information content (AvgIpc) is 2.65. The minimum atomic E-state index is -3.65. The van der Waals surface area contributed by atoms with Crippen LogP contribution in [0.3, 0.4) is 0 Å². The Morgan fingerprint density at radius 2 is 1.79 bits per heavy atom. The first-order chi connectivity index (χ1) is 13.5. The summed E-state index contributed by atoms with van der Waals surface area (Å²) >= 11 is 0. The smallest absolute Gasteiger partial charge is 0.338 e. The van der Waals surface area contributed by atoms with Crippen LogP contribution in [0.1, 0.15) is 50.4 Å². The summed E-state index contributed by atoms with van der Waals surface area (Å²) in [6, 6.07) is 4.26. The van der Waals surface area contributed by atoms with Gasteiger partial charge in [-0.15, -0.1) is 0 Å². The van der Waals surface area contributed by atoms with E-state index < -0.39 is 40.0 Å². The van der Waals surface area contributed by atoms with E-state index in [4.69, 9.17) is 10.5 Å². The molecular formula is C19H27N3O6S. The molecule has 0 aromatic heterocycles. The van der Waals surface area contributed by atoms with E-state index in [2.05, 4.69) is 0 Å². The van der Waals surface area contributed by atoms with Crippen molar-refractivity contribution in [3.63, 3.8) is 0 Å². The largest absolute Gasteiger partial charge is 0.448 e. The van der Waals surface area contributed by atoms with E-state index in [0.29, 0.717) is 6.54 Å². The van der Waals surface area contributed by atoms with E-state index in [9.17, 15) is 22.8 Å². The lowest BCUT2D eigenvalue weighted by atomic mass is 10.1. The topological polar surface area (TPSA) is 136 Å². The van der Waals surface area contributed by atoms with Crippen LogP contribution >= 0.6 is 0 Å². The number of nitrogens with one attached hydrogen (secondary N) is 1. The lowest BCUT2D eigenvalue weighted by Gasteiger charge is -2.32. The van der Waals surface area contributed by atoms with Crippen molar-refractivity contribution in [1.29, 1.82) is 0 Å². The standard InChI is InChI=1S/C19H27N3O6S/c1-12(2)16(17(23)21-19(20)25)28-18(24)14-7-9-15(10-8-14)29(26,27)22-11-5-4-6-13(22)3/h7-10,12-13,16H,4-6,11H2,1-3H3,(H3,20,21,23,25)/t13-,16-/m0/s1. The van der Waals surface area contributed by atoms with Gasteiger partial charge in [-0.2, -0.15) is 4.31 Å². The number of imide groups is 1. The molecule has 0 aliphatic carbocycles. The third-order valence-corrected chi connectivity index (χ3v) is 6.81. The van der Waals surface area contributed by atoms with Gasteiger partial charge in [-0.3, -0.25) is 10.1 Å². The molecule has 3 N–H and O–H groups in total. The number of benzene rings is 1. The molecule has 9 nitrogen and oxygen atoms in total. The molecule has 2 rings (SSSR count). The molecule has 1 heterocycles. The Hall–Kier alpha value is -2.46. The Morgan fingerprint density at radius 3 is 2.31 bits per heavy atom. The van der Waals surface area contributed by atoms with E-state index in [1.54, 1.807) is 13.8 Å². The molecule has 1 aromatic carbocycles. The number of carbonyl (C=O) groups excluding carboxylic acids is 3. The van der Waals surface area contributed by atoms with Crippen LogP contribution in [0.2, 0.25) is 0 Å². The van der Waals surface area contributed by atoms with Gasteiger partial charge in [-0.1, -0.05) is 20.3 Å². The molecule has 1 aliphatic heterocycles. The lowest BCUT2D eigenvalue weighted by Crippen LogP contribution is -2.45. The summed E-state index contributed by atoms with van der Waals surface area (Å²) in [5.41, 5.74) is 5.02. The fraction of sp³-hybridized carbons (Fsp3) is 0.526. The molecule has 160 valence electrons. The highest BCUT2D eigenvalue weighted by molar-refractivity contribution is 7.89. The number of nitrogens with zero attached hydrogens (tertiary/aromatic N) is 1. The summed E-state index contributed by atoms with van der Waals surface area (Å²) in [5, 5.41) is 1.89. The molecule has 10 heteroatoms. The number of amides is 3. The molecule has 0 bridgehead atoms. The molecule has 2 atom stereocenters. The Bertz CT molecular complexity index is 866. The lowest BCUT2D eigenvalue weighted by molar-refractivity contribution is -0.130. The van der Waals surface area contributed by atoms with Crippen LogP contribution in [0.25, 0.3) is 0 Å². The van der Waals surface area contributed by atoms with Crippen molar-refractivity contribution in [2.45, 2.75) is 57.1 Å². The zero-order valence-electron chi connectivity index (χ0n) is 16.8. The summed E-state index contributed by atoms with van der Waals surface area (Å²) in [6.45, 7) is 5.64. The molecule has 0 spiro atoms. The normalized spacial score (nSPS) is 18.8. The van der Waals surface area contributed by atoms with Gasteiger partial charge < -0.3 is 10.5 Å². The fourth-order valence-electron chi connectivity index (χ4n) is 3.20. The number of urea groups is 1. The maximum atomic E-state index is 12.9. The predicted octanol–water partition coefficient (Wildman–Crippen LogP) is 1.63. The van der Waals surface area contributed by atoms with Crippen molar-refractivity contribution < 1.29 is 27.5 Å². The molecule has 0 saturated carbocycles. The number of ether oxygens (including phenoxy) is 1. The molecular weight excluding hydrogens is 398 g/mol. The van der Waals surface area contributed by atoms with Crippen molar-refractivity contribution >= 4 is 27.9 Å². The van der Waals surface area contributed by atoms with Crippen LogP contribution < -0.4 is 11.1 Å². The third-order valence-electron chi connectivity index (χ3n) is 4.78. The van der Waals surface area contributed by atoms with Crippen molar-refractivity contribution in [3.8, 4) is 0 Å². The molecule has 29 heavy (non-hydrogen) atoms. The second kappa shape index (κ2) is 9.36. The van der Waals surface area contributed by atoms with Gasteiger partial charge in [0.1, 0.15) is 0 Å². The number of esters is 1. The van der Waals surface area contributed by atoms with Gasteiger partial charge in [0.25, 0.3) is 5.91 Å². The van der Waals surface area contributed by atoms with Gasteiger partial charge in [-0.05, 0) is 49.9 Å². The Labute approximate surface area is 170 Å². The minimum Gasteiger partial charge on any atom is -0.448 e. The molecule has 3 amide bonds. The van der Waals surface area contributed by atoms with E-state index in [1.807, 2.05) is 12.2 Å². The first-order valence-electron chi connectivity index (χ1n) is 9.47. The number of piperidine rings is 1. The third kappa shape index (κ3) is 5.54. The molecule has 1 aliphatic rings. The van der Waals surface area contributed by atoms with Gasteiger partial charge in [0, 0.05) is 12.6 Å². The van der Waals surface area contributed by atoms with Crippen LogP contribution in [-0.2, 0) is 19.6 Å². The number of nitrogens with two attached hydrogens (primary N) is 1. The van der Waals surface area contributed by atoms with Gasteiger partial charge in [0.05, 0.1) is 10.5 Å². The first-order valence-corrected chi connectivity index (χ1v) is 10.9. The van der Waals surface area contributed by atoms with Gasteiger partial charge in [0.15, 0.2) is 6.10 Å². The van der Waals surface area contributed by atoms with Crippen LogP contribution in [-0.4, -0.2) is 49.3 Å². The Balaban J connectivity index is 2.15. The van der Waals surface area contributed by atoms with Crippen LogP contribution in [0.4, 0.5) is 4.79 Å². The maximum absolute atomic E-state index is 12.9. The zero-order valence-corrected chi connectivity index (χ0v) is 17.6. The fourth-order valence-corrected chi connectivity index (χ4v) is 4.89. The second-order valence-electron chi connectivity index (χ2n) is 7.41. The number of sulfonamides is 1. The van der Waals surface area contributed by atoms with Crippen LogP contribution in [0, 0.1) is 5.92 Å². The Morgan fingerprint density at radius 1 is 1.17 bits per heavy atom. The molecule has 0 radical (unpaired) electrons. The van der Waals surface area contributed by atoms with Gasteiger partial charge in [-0.25, -0.2) is 18.0 Å². The van der Waals surface area contributed by atoms with Crippen LogP contribution in [0.15, 0.2) is 29.2 Å². The van der Waals surface area contributed by atoms with Crippen molar-refractivity contribution in [2.75, 3.05) is 6.54 Å². The molecule has 0 unspecified atom stereocenters. The summed E-state index contributed by atoms with van der Waals surface area (Å²) in [6.07, 6.45) is 1.41. The summed E-state index contributed by atoms with van der Waals surface area (Å²) in [5.74, 6) is -2.03. The van der Waals surface area contributed by atoms with Crippen molar-refractivity contribution in [1.82, 2.24) is 9.62 Å². The number of hydrogen-bond acceptors (Lipinski definition) is 6. The van der Waals surface area contributed by atoms with Gasteiger partial charge >= 0.3 is 12.0 Å². The zero-order chi connectivity index (χ0) is 21.8. The van der Waals surface area contributed by atoms with E-state index in [1.165, 1.54) is 28.6 Å². The Kier molecular flexibility index (Phi) is 7.37. The summed E-state index contributed by atoms with van der Waals surface area (Å²) in [4.78, 5) is 35.3. The number of primary amides is 1. The maximum Gasteiger partial charge on any atom is 0.338 e. The second-order valence-corrected chi connectivity index (χ2v) is 9.30. The number of hydrogen-bond donors (Lipinski definition) is 2. The SMILES string of the molecule is CC(C)[C@H](OC(=O)c1ccc(S(=O)(=O)N2CCCC[C@@H]2C)cc1)C(=O)NC(N)=O. The van der Waals surface area contributed by atoms with Crippen molar-refractivity contribution in [2.24, 2.45) is 11.7 Å². The molecule has 1 saturated heterocycles. The molecule has 1 aromatic rings. The molecule has 1 fully saturated rings. The predicted molar refractivity (Wildman–Crippen MR) is 105 cm³/mol. The van der Waals surface area contributed by atoms with Crippen LogP contribution in [0.5, 0.6) is 0 Å². The number of rotatable bonds is 6.